The van der Waals surface area contributed by atoms with Gasteiger partial charge in [-0.25, -0.2) is 9.59 Å². The summed E-state index contributed by atoms with van der Waals surface area (Å²) in [4.78, 5) is 26.8. The molecule has 1 atom stereocenters. The Kier molecular flexibility index (Phi) is 3.93. The fourth-order valence-electron chi connectivity index (χ4n) is 1.18. The maximum atomic E-state index is 11.8. The van der Waals surface area contributed by atoms with Crippen molar-refractivity contribution >= 4 is 17.6 Å². The Bertz CT molecular complexity index is 476. The summed E-state index contributed by atoms with van der Waals surface area (Å²) in [6.45, 7) is 6.84. The lowest BCUT2D eigenvalue weighted by Crippen LogP contribution is -2.34. The summed E-state index contributed by atoms with van der Waals surface area (Å²) in [5.74, 6) is -0.497. The number of aromatic nitrogens is 2. The minimum atomic E-state index is -0.757. The van der Waals surface area contributed by atoms with Crippen LogP contribution in [-0.4, -0.2) is 21.1 Å². The minimum absolute atomic E-state index is 0.292. The Morgan fingerprint density at radius 1 is 1.53 bits per heavy atom. The van der Waals surface area contributed by atoms with Crippen molar-refractivity contribution in [2.45, 2.75) is 39.3 Å². The molecule has 1 rings (SSSR count). The number of esters is 1. The van der Waals surface area contributed by atoms with E-state index < -0.39 is 23.3 Å². The van der Waals surface area contributed by atoms with Crippen molar-refractivity contribution in [1.82, 2.24) is 9.55 Å². The van der Waals surface area contributed by atoms with Crippen LogP contribution in [0.3, 0.4) is 0 Å². The first kappa shape index (κ1) is 13.7. The molecule has 0 aromatic carbocycles. The third kappa shape index (κ3) is 3.85. The normalized spacial score (nSPS) is 13.2. The summed E-state index contributed by atoms with van der Waals surface area (Å²) in [7, 11) is 0. The number of carbonyl (C=O) groups is 1. The van der Waals surface area contributed by atoms with Crippen LogP contribution in [0, 0.1) is 0 Å². The number of rotatable bonds is 2. The van der Waals surface area contributed by atoms with Crippen molar-refractivity contribution in [3.63, 3.8) is 0 Å². The first-order valence-electron chi connectivity index (χ1n) is 5.17. The summed E-state index contributed by atoms with van der Waals surface area (Å²) < 4.78 is 6.33. The molecule has 0 spiro atoms. The van der Waals surface area contributed by atoms with Gasteiger partial charge in [-0.05, 0) is 27.7 Å². The molecule has 1 heterocycles. The average molecular weight is 259 g/mol. The minimum Gasteiger partial charge on any atom is -0.458 e. The summed E-state index contributed by atoms with van der Waals surface area (Å²) in [5.41, 5.74) is -1.13. The van der Waals surface area contributed by atoms with E-state index in [0.717, 1.165) is 4.57 Å². The molecule has 0 saturated carbocycles. The second-order valence-corrected chi connectivity index (χ2v) is 5.11. The third-order valence-electron chi connectivity index (χ3n) is 1.95. The van der Waals surface area contributed by atoms with Crippen LogP contribution in [0.5, 0.6) is 0 Å². The van der Waals surface area contributed by atoms with Crippen LogP contribution in [0.15, 0.2) is 17.2 Å². The van der Waals surface area contributed by atoms with Crippen molar-refractivity contribution in [2.75, 3.05) is 0 Å². The van der Waals surface area contributed by atoms with E-state index in [0.29, 0.717) is 5.02 Å². The summed E-state index contributed by atoms with van der Waals surface area (Å²) >= 11 is 5.72. The van der Waals surface area contributed by atoms with Gasteiger partial charge in [0.05, 0.1) is 11.2 Å². The van der Waals surface area contributed by atoms with Crippen molar-refractivity contribution in [1.29, 1.82) is 0 Å². The monoisotopic (exact) mass is 258 g/mol. The van der Waals surface area contributed by atoms with E-state index in [2.05, 4.69) is 4.98 Å². The van der Waals surface area contributed by atoms with Gasteiger partial charge in [-0.15, -0.1) is 0 Å². The molecule has 0 N–H and O–H groups in total. The standard InChI is InChI=1S/C11H15ClN2O3/c1-7(9(15)17-11(2,3)4)14-6-8(12)5-13-10(14)16/h5-7H,1-4H3. The van der Waals surface area contributed by atoms with E-state index in [1.54, 1.807) is 27.7 Å². The van der Waals surface area contributed by atoms with Gasteiger partial charge in [-0.3, -0.25) is 4.57 Å². The molecule has 94 valence electrons. The molecule has 0 aliphatic carbocycles. The third-order valence-corrected chi connectivity index (χ3v) is 2.14. The zero-order chi connectivity index (χ0) is 13.2. The quantitative estimate of drug-likeness (QED) is 0.759. The van der Waals surface area contributed by atoms with Gasteiger partial charge >= 0.3 is 11.7 Å². The van der Waals surface area contributed by atoms with E-state index in [1.807, 2.05) is 0 Å². The fraction of sp³-hybridized carbons (Fsp3) is 0.545. The highest BCUT2D eigenvalue weighted by Gasteiger charge is 2.23. The first-order valence-corrected chi connectivity index (χ1v) is 5.55. The average Bonchev–Trinajstić information content (AvgIpc) is 2.18. The Morgan fingerprint density at radius 2 is 2.12 bits per heavy atom. The molecule has 0 bridgehead atoms. The van der Waals surface area contributed by atoms with E-state index >= 15 is 0 Å². The number of nitrogens with zero attached hydrogens (tertiary/aromatic N) is 2. The molecule has 1 unspecified atom stereocenters. The molecule has 0 aliphatic heterocycles. The van der Waals surface area contributed by atoms with Gasteiger partial charge in [-0.1, -0.05) is 11.6 Å². The number of carbonyl (C=O) groups excluding carboxylic acids is 1. The summed E-state index contributed by atoms with van der Waals surface area (Å²) in [5, 5.41) is 0.292. The predicted molar refractivity (Wildman–Crippen MR) is 64.1 cm³/mol. The van der Waals surface area contributed by atoms with Gasteiger partial charge in [0, 0.05) is 6.20 Å². The van der Waals surface area contributed by atoms with Crippen LogP contribution in [0.25, 0.3) is 0 Å². The highest BCUT2D eigenvalue weighted by atomic mass is 35.5. The molecule has 0 fully saturated rings. The maximum absolute atomic E-state index is 11.8. The largest absolute Gasteiger partial charge is 0.458 e. The highest BCUT2D eigenvalue weighted by molar-refractivity contribution is 6.30. The van der Waals surface area contributed by atoms with Gasteiger partial charge in [0.15, 0.2) is 0 Å². The van der Waals surface area contributed by atoms with Crippen LogP contribution < -0.4 is 5.69 Å². The van der Waals surface area contributed by atoms with E-state index in [-0.39, 0.29) is 0 Å². The summed E-state index contributed by atoms with van der Waals surface area (Å²) in [6.07, 6.45) is 2.60. The van der Waals surface area contributed by atoms with E-state index in [9.17, 15) is 9.59 Å². The molecular formula is C11H15ClN2O3. The predicted octanol–water partition coefficient (Wildman–Crippen LogP) is 1.80. The lowest BCUT2D eigenvalue weighted by molar-refractivity contribution is -0.158. The second kappa shape index (κ2) is 4.87. The van der Waals surface area contributed by atoms with Crippen LogP contribution >= 0.6 is 11.6 Å². The zero-order valence-electron chi connectivity index (χ0n) is 10.2. The number of hydrogen-bond acceptors (Lipinski definition) is 4. The Labute approximate surface area is 104 Å². The highest BCUT2D eigenvalue weighted by Crippen LogP contribution is 2.14. The number of hydrogen-bond donors (Lipinski definition) is 0. The van der Waals surface area contributed by atoms with Gasteiger partial charge < -0.3 is 4.74 Å². The Morgan fingerprint density at radius 3 is 2.65 bits per heavy atom. The van der Waals surface area contributed by atoms with Crippen molar-refractivity contribution in [2.24, 2.45) is 0 Å². The van der Waals surface area contributed by atoms with Crippen LogP contribution in [0.4, 0.5) is 0 Å². The molecular weight excluding hydrogens is 244 g/mol. The molecule has 1 aromatic rings. The van der Waals surface area contributed by atoms with Crippen molar-refractivity contribution < 1.29 is 9.53 Å². The fourth-order valence-corrected chi connectivity index (χ4v) is 1.34. The maximum Gasteiger partial charge on any atom is 0.348 e. The van der Waals surface area contributed by atoms with Gasteiger partial charge in [0.25, 0.3) is 0 Å². The zero-order valence-corrected chi connectivity index (χ0v) is 11.0. The van der Waals surface area contributed by atoms with Crippen molar-refractivity contribution in [3.05, 3.63) is 27.9 Å². The Balaban J connectivity index is 2.97. The smallest absolute Gasteiger partial charge is 0.348 e. The Hall–Kier alpha value is -1.36. The molecule has 1 aromatic heterocycles. The van der Waals surface area contributed by atoms with E-state index in [1.165, 1.54) is 12.4 Å². The lowest BCUT2D eigenvalue weighted by atomic mass is 10.2. The molecule has 6 heteroatoms. The molecule has 5 nitrogen and oxygen atoms in total. The van der Waals surface area contributed by atoms with Crippen molar-refractivity contribution in [3.8, 4) is 0 Å². The molecule has 0 radical (unpaired) electrons. The first-order chi connectivity index (χ1) is 7.70. The number of ether oxygens (including phenoxy) is 1. The molecule has 0 aliphatic rings. The van der Waals surface area contributed by atoms with Gasteiger partial charge in [0.1, 0.15) is 11.6 Å². The van der Waals surface area contributed by atoms with E-state index in [4.69, 9.17) is 16.3 Å². The van der Waals surface area contributed by atoms with Gasteiger partial charge in [0.2, 0.25) is 0 Å². The second-order valence-electron chi connectivity index (χ2n) is 4.67. The lowest BCUT2D eigenvalue weighted by Gasteiger charge is -2.22. The molecule has 0 saturated heterocycles. The van der Waals surface area contributed by atoms with Crippen LogP contribution in [-0.2, 0) is 9.53 Å². The molecule has 17 heavy (non-hydrogen) atoms. The topological polar surface area (TPSA) is 61.2 Å². The van der Waals surface area contributed by atoms with Gasteiger partial charge in [-0.2, -0.15) is 4.98 Å². The SMILES string of the molecule is CC(C(=O)OC(C)(C)C)n1cc(Cl)cnc1=O. The number of halogens is 1. The molecule has 0 amide bonds. The summed E-state index contributed by atoms with van der Waals surface area (Å²) in [6, 6.07) is -0.757. The van der Waals surface area contributed by atoms with Crippen LogP contribution in [0.1, 0.15) is 33.7 Å². The van der Waals surface area contributed by atoms with Crippen LogP contribution in [0.2, 0.25) is 5.02 Å².